The maximum Gasteiger partial charge on any atom is 0.258 e. The molecular formula is C30H27ClN2O2. The molecule has 176 valence electrons. The van der Waals surface area contributed by atoms with Crippen LogP contribution < -0.4 is 10.2 Å². The van der Waals surface area contributed by atoms with Gasteiger partial charge in [-0.15, -0.1) is 0 Å². The lowest BCUT2D eigenvalue weighted by molar-refractivity contribution is -0.120. The predicted octanol–water partition coefficient (Wildman–Crippen LogP) is 6.09. The van der Waals surface area contributed by atoms with Crippen LogP contribution in [-0.2, 0) is 24.2 Å². The Labute approximate surface area is 211 Å². The third-order valence-electron chi connectivity index (χ3n) is 5.71. The lowest BCUT2D eigenvalue weighted by Gasteiger charge is -2.23. The van der Waals surface area contributed by atoms with Crippen LogP contribution in [0.5, 0.6) is 0 Å². The van der Waals surface area contributed by atoms with Crippen molar-refractivity contribution in [3.8, 4) is 0 Å². The van der Waals surface area contributed by atoms with Crippen LogP contribution in [-0.4, -0.2) is 18.4 Å². The average molecular weight is 483 g/mol. The molecule has 0 atom stereocenters. The Morgan fingerprint density at radius 3 is 1.91 bits per heavy atom. The number of hydrogen-bond acceptors (Lipinski definition) is 2. The van der Waals surface area contributed by atoms with Gasteiger partial charge in [0.05, 0.1) is 13.0 Å². The fourth-order valence-electron chi connectivity index (χ4n) is 3.83. The summed E-state index contributed by atoms with van der Waals surface area (Å²) >= 11 is 6.01. The SMILES string of the molecule is O=C(Cc1ccc(N(Cc2ccccc2)C(=O)c2ccc(Cl)cc2)cc1)NCCc1ccccc1. The lowest BCUT2D eigenvalue weighted by Crippen LogP contribution is -2.30. The van der Waals surface area contributed by atoms with E-state index in [1.807, 2.05) is 72.8 Å². The predicted molar refractivity (Wildman–Crippen MR) is 142 cm³/mol. The van der Waals surface area contributed by atoms with Crippen molar-refractivity contribution in [2.24, 2.45) is 0 Å². The van der Waals surface area contributed by atoms with Gasteiger partial charge in [0.1, 0.15) is 0 Å². The quantitative estimate of drug-likeness (QED) is 0.314. The van der Waals surface area contributed by atoms with E-state index in [9.17, 15) is 9.59 Å². The van der Waals surface area contributed by atoms with Crippen molar-refractivity contribution >= 4 is 29.1 Å². The standard InChI is InChI=1S/C30H27ClN2O2/c31-27-15-13-26(14-16-27)30(35)33(22-25-9-5-2-6-10-25)28-17-11-24(12-18-28)21-29(34)32-20-19-23-7-3-1-4-8-23/h1-18H,19-22H2,(H,32,34). The molecule has 0 fully saturated rings. The fraction of sp³-hybridized carbons (Fsp3) is 0.133. The Morgan fingerprint density at radius 2 is 1.29 bits per heavy atom. The zero-order chi connectivity index (χ0) is 24.5. The van der Waals surface area contributed by atoms with Crippen molar-refractivity contribution in [2.75, 3.05) is 11.4 Å². The second-order valence-corrected chi connectivity index (χ2v) is 8.75. The van der Waals surface area contributed by atoms with Crippen LogP contribution in [0.4, 0.5) is 5.69 Å². The molecule has 4 aromatic rings. The van der Waals surface area contributed by atoms with Gasteiger partial charge in [0.25, 0.3) is 5.91 Å². The molecule has 0 aliphatic heterocycles. The molecule has 0 unspecified atom stereocenters. The third kappa shape index (κ3) is 7.05. The monoisotopic (exact) mass is 482 g/mol. The first kappa shape index (κ1) is 24.2. The molecule has 2 amide bonds. The number of hydrogen-bond donors (Lipinski definition) is 1. The Balaban J connectivity index is 1.43. The first-order chi connectivity index (χ1) is 17.1. The molecule has 0 aromatic heterocycles. The number of rotatable bonds is 9. The minimum absolute atomic E-state index is 0.0212. The minimum atomic E-state index is -0.114. The molecule has 0 spiro atoms. The molecule has 4 rings (SSSR count). The van der Waals surface area contributed by atoms with Gasteiger partial charge in [0.2, 0.25) is 5.91 Å². The van der Waals surface area contributed by atoms with Gasteiger partial charge in [-0.3, -0.25) is 9.59 Å². The second kappa shape index (κ2) is 12.0. The molecule has 4 aromatic carbocycles. The Hall–Kier alpha value is -3.89. The molecule has 0 bridgehead atoms. The number of nitrogens with zero attached hydrogens (tertiary/aromatic N) is 1. The first-order valence-electron chi connectivity index (χ1n) is 11.6. The molecule has 5 heteroatoms. The molecule has 0 aliphatic carbocycles. The highest BCUT2D eigenvalue weighted by atomic mass is 35.5. The van der Waals surface area contributed by atoms with Gasteiger partial charge in [-0.2, -0.15) is 0 Å². The number of nitrogens with one attached hydrogen (secondary N) is 1. The van der Waals surface area contributed by atoms with E-state index >= 15 is 0 Å². The van der Waals surface area contributed by atoms with E-state index in [0.29, 0.717) is 30.1 Å². The van der Waals surface area contributed by atoms with Gasteiger partial charge in [-0.1, -0.05) is 84.4 Å². The van der Waals surface area contributed by atoms with Gasteiger partial charge < -0.3 is 10.2 Å². The summed E-state index contributed by atoms with van der Waals surface area (Å²) in [4.78, 5) is 27.5. The van der Waals surface area contributed by atoms with E-state index in [1.165, 1.54) is 5.56 Å². The summed E-state index contributed by atoms with van der Waals surface area (Å²) in [6.07, 6.45) is 1.09. The molecule has 0 saturated carbocycles. The summed E-state index contributed by atoms with van der Waals surface area (Å²) in [6, 6.07) is 34.4. The van der Waals surface area contributed by atoms with Crippen LogP contribution in [0.1, 0.15) is 27.0 Å². The van der Waals surface area contributed by atoms with E-state index in [4.69, 9.17) is 11.6 Å². The molecule has 0 saturated heterocycles. The maximum absolute atomic E-state index is 13.4. The summed E-state index contributed by atoms with van der Waals surface area (Å²) < 4.78 is 0. The smallest absolute Gasteiger partial charge is 0.258 e. The molecule has 35 heavy (non-hydrogen) atoms. The van der Waals surface area contributed by atoms with Crippen molar-refractivity contribution in [1.82, 2.24) is 5.32 Å². The van der Waals surface area contributed by atoms with Gasteiger partial charge in [0.15, 0.2) is 0 Å². The van der Waals surface area contributed by atoms with E-state index in [2.05, 4.69) is 17.4 Å². The average Bonchev–Trinajstić information content (AvgIpc) is 2.89. The van der Waals surface area contributed by atoms with Gasteiger partial charge >= 0.3 is 0 Å². The van der Waals surface area contributed by atoms with Crippen molar-refractivity contribution in [3.63, 3.8) is 0 Å². The molecule has 4 nitrogen and oxygen atoms in total. The van der Waals surface area contributed by atoms with Crippen LogP contribution >= 0.6 is 11.6 Å². The first-order valence-corrected chi connectivity index (χ1v) is 12.0. The molecule has 0 radical (unpaired) electrons. The van der Waals surface area contributed by atoms with Crippen molar-refractivity contribution in [3.05, 3.63) is 136 Å². The van der Waals surface area contributed by atoms with Crippen molar-refractivity contribution < 1.29 is 9.59 Å². The summed E-state index contributed by atoms with van der Waals surface area (Å²) in [5.41, 5.74) is 4.44. The molecule has 0 aliphatic rings. The van der Waals surface area contributed by atoms with Crippen molar-refractivity contribution in [1.29, 1.82) is 0 Å². The number of anilines is 1. The fourth-order valence-corrected chi connectivity index (χ4v) is 3.95. The summed E-state index contributed by atoms with van der Waals surface area (Å²) in [6.45, 7) is 1.03. The van der Waals surface area contributed by atoms with Crippen LogP contribution in [0.2, 0.25) is 5.02 Å². The number of benzene rings is 4. The van der Waals surface area contributed by atoms with Crippen molar-refractivity contribution in [2.45, 2.75) is 19.4 Å². The van der Waals surface area contributed by atoms with Crippen LogP contribution in [0.3, 0.4) is 0 Å². The normalized spacial score (nSPS) is 10.5. The van der Waals surface area contributed by atoms with Gasteiger partial charge in [-0.05, 0) is 59.5 Å². The van der Waals surface area contributed by atoms with E-state index in [0.717, 1.165) is 23.2 Å². The molecule has 1 N–H and O–H groups in total. The van der Waals surface area contributed by atoms with E-state index in [1.54, 1.807) is 29.2 Å². The zero-order valence-electron chi connectivity index (χ0n) is 19.4. The Morgan fingerprint density at radius 1 is 0.686 bits per heavy atom. The zero-order valence-corrected chi connectivity index (χ0v) is 20.1. The number of carbonyl (C=O) groups is 2. The minimum Gasteiger partial charge on any atom is -0.355 e. The third-order valence-corrected chi connectivity index (χ3v) is 5.96. The highest BCUT2D eigenvalue weighted by Gasteiger charge is 2.18. The van der Waals surface area contributed by atoms with Crippen LogP contribution in [0.25, 0.3) is 0 Å². The summed E-state index contributed by atoms with van der Waals surface area (Å²) in [5, 5.41) is 3.57. The maximum atomic E-state index is 13.4. The van der Waals surface area contributed by atoms with E-state index < -0.39 is 0 Å². The number of halogens is 1. The lowest BCUT2D eigenvalue weighted by atomic mass is 10.1. The van der Waals surface area contributed by atoms with Crippen LogP contribution in [0, 0.1) is 0 Å². The Kier molecular flexibility index (Phi) is 8.31. The second-order valence-electron chi connectivity index (χ2n) is 8.31. The molecule has 0 heterocycles. The largest absolute Gasteiger partial charge is 0.355 e. The Bertz CT molecular complexity index is 1240. The molecular weight excluding hydrogens is 456 g/mol. The van der Waals surface area contributed by atoms with E-state index in [-0.39, 0.29) is 11.8 Å². The van der Waals surface area contributed by atoms with Crippen LogP contribution in [0.15, 0.2) is 109 Å². The topological polar surface area (TPSA) is 49.4 Å². The van der Waals surface area contributed by atoms with Gasteiger partial charge in [-0.25, -0.2) is 0 Å². The summed E-state index contributed by atoms with van der Waals surface area (Å²) in [5.74, 6) is -0.135. The number of amides is 2. The highest BCUT2D eigenvalue weighted by molar-refractivity contribution is 6.30. The highest BCUT2D eigenvalue weighted by Crippen LogP contribution is 2.22. The number of carbonyl (C=O) groups excluding carboxylic acids is 2. The summed E-state index contributed by atoms with van der Waals surface area (Å²) in [7, 11) is 0. The van der Waals surface area contributed by atoms with Gasteiger partial charge in [0, 0.05) is 22.8 Å².